The first kappa shape index (κ1) is 11.4. The van der Waals surface area contributed by atoms with Gasteiger partial charge in [-0.1, -0.05) is 29.3 Å². The average molecular weight is 273 g/mol. The van der Waals surface area contributed by atoms with Crippen LogP contribution in [0.25, 0.3) is 11.1 Å². The molecule has 0 saturated heterocycles. The molecule has 0 aliphatic carbocycles. The van der Waals surface area contributed by atoms with Crippen molar-refractivity contribution in [3.8, 4) is 11.1 Å². The maximum absolute atomic E-state index is 11.6. The highest BCUT2D eigenvalue weighted by molar-refractivity contribution is 7.13. The summed E-state index contributed by atoms with van der Waals surface area (Å²) in [6.45, 7) is 0. The molecule has 0 radical (unpaired) electrons. The van der Waals surface area contributed by atoms with Gasteiger partial charge in [-0.05, 0) is 12.1 Å². The number of benzene rings is 1. The lowest BCUT2D eigenvalue weighted by molar-refractivity contribution is 1.29. The van der Waals surface area contributed by atoms with Crippen molar-refractivity contribution in [2.45, 2.75) is 0 Å². The van der Waals surface area contributed by atoms with Crippen LogP contribution in [-0.4, -0.2) is 4.98 Å². The second kappa shape index (κ2) is 4.41. The molecule has 0 bridgehead atoms. The molecule has 0 atom stereocenters. The smallest absolute Gasteiger partial charge is 0.281 e. The van der Waals surface area contributed by atoms with E-state index in [2.05, 4.69) is 4.98 Å². The van der Waals surface area contributed by atoms with E-state index in [1.807, 2.05) is 0 Å². The van der Waals surface area contributed by atoms with Gasteiger partial charge in [-0.25, -0.2) is 0 Å². The lowest BCUT2D eigenvalue weighted by Gasteiger charge is -2.05. The van der Waals surface area contributed by atoms with Gasteiger partial charge in [0.25, 0.3) is 5.56 Å². The minimum absolute atomic E-state index is 0.219. The second-order valence-corrected chi connectivity index (χ2v) is 4.71. The largest absolute Gasteiger partial charge is 0.375 e. The number of halogens is 2. The van der Waals surface area contributed by atoms with E-state index in [1.165, 1.54) is 11.3 Å². The fourth-order valence-corrected chi connectivity index (χ4v) is 2.47. The van der Waals surface area contributed by atoms with Gasteiger partial charge in [0, 0.05) is 10.9 Å². The van der Waals surface area contributed by atoms with Crippen molar-refractivity contribution in [1.82, 2.24) is 4.98 Å². The van der Waals surface area contributed by atoms with E-state index < -0.39 is 5.56 Å². The van der Waals surface area contributed by atoms with Crippen molar-refractivity contribution < 1.29 is 0 Å². The molecule has 0 fully saturated rings. The van der Waals surface area contributed by atoms with Crippen molar-refractivity contribution in [3.05, 3.63) is 44.0 Å². The van der Waals surface area contributed by atoms with E-state index in [9.17, 15) is 4.79 Å². The third-order valence-corrected chi connectivity index (χ3v) is 3.29. The van der Waals surface area contributed by atoms with E-state index in [-0.39, 0.29) is 5.13 Å². The molecule has 1 aromatic carbocycles. The van der Waals surface area contributed by atoms with Gasteiger partial charge in [-0.15, -0.1) is 11.3 Å². The Labute approximate surface area is 105 Å². The lowest BCUT2D eigenvalue weighted by atomic mass is 10.1. The molecule has 1 aromatic heterocycles. The van der Waals surface area contributed by atoms with E-state index in [0.717, 1.165) is 0 Å². The molecule has 1 heterocycles. The van der Waals surface area contributed by atoms with Gasteiger partial charge >= 0.3 is 0 Å². The topological polar surface area (TPSA) is 56.0 Å². The summed E-state index contributed by atoms with van der Waals surface area (Å²) in [7, 11) is 0. The highest BCUT2D eigenvalue weighted by Crippen LogP contribution is 2.33. The van der Waals surface area contributed by atoms with Crippen LogP contribution in [0.5, 0.6) is 0 Å². The summed E-state index contributed by atoms with van der Waals surface area (Å²) in [5.74, 6) is 0. The molecule has 0 unspecified atom stereocenters. The summed E-state index contributed by atoms with van der Waals surface area (Å²) in [6, 6.07) is 5.05. The molecule has 6 heteroatoms. The molecular formula is C10H6Cl2N2OS. The number of hydrogen-bond acceptors (Lipinski definition) is 4. The van der Waals surface area contributed by atoms with Crippen LogP contribution in [0.4, 0.5) is 5.13 Å². The van der Waals surface area contributed by atoms with Crippen LogP contribution >= 0.6 is 34.5 Å². The molecule has 16 heavy (non-hydrogen) atoms. The maximum Gasteiger partial charge on any atom is 0.281 e. The van der Waals surface area contributed by atoms with Gasteiger partial charge < -0.3 is 5.73 Å². The lowest BCUT2D eigenvalue weighted by Crippen LogP contribution is -2.09. The molecule has 0 saturated carbocycles. The van der Waals surface area contributed by atoms with Crippen LogP contribution in [-0.2, 0) is 0 Å². The summed E-state index contributed by atoms with van der Waals surface area (Å²) in [5.41, 5.74) is 5.87. The summed E-state index contributed by atoms with van der Waals surface area (Å²) in [4.78, 5) is 15.3. The molecule has 0 aliphatic rings. The van der Waals surface area contributed by atoms with E-state index in [4.69, 9.17) is 28.9 Å². The van der Waals surface area contributed by atoms with Gasteiger partial charge in [0.1, 0.15) is 0 Å². The van der Waals surface area contributed by atoms with Crippen molar-refractivity contribution >= 4 is 39.7 Å². The third-order valence-electron chi connectivity index (χ3n) is 1.97. The SMILES string of the molecule is Nc1nc(=O)c(-c2c(Cl)cccc2Cl)cs1. The zero-order valence-electron chi connectivity index (χ0n) is 7.91. The Morgan fingerprint density at radius 3 is 2.44 bits per heavy atom. The van der Waals surface area contributed by atoms with Gasteiger partial charge in [0.15, 0.2) is 5.13 Å². The summed E-state index contributed by atoms with van der Waals surface area (Å²) >= 11 is 13.2. The van der Waals surface area contributed by atoms with Crippen LogP contribution in [0, 0.1) is 0 Å². The monoisotopic (exact) mass is 272 g/mol. The quantitative estimate of drug-likeness (QED) is 0.868. The van der Waals surface area contributed by atoms with E-state index in [1.54, 1.807) is 23.6 Å². The molecule has 2 N–H and O–H groups in total. The van der Waals surface area contributed by atoms with Crippen molar-refractivity contribution in [1.29, 1.82) is 0 Å². The summed E-state index contributed by atoms with van der Waals surface area (Å²) < 4.78 is 0. The molecule has 2 aromatic rings. The maximum atomic E-state index is 11.6. The van der Waals surface area contributed by atoms with Crippen LogP contribution in [0.3, 0.4) is 0 Å². The van der Waals surface area contributed by atoms with E-state index >= 15 is 0 Å². The normalized spacial score (nSPS) is 10.4. The van der Waals surface area contributed by atoms with Gasteiger partial charge in [-0.2, -0.15) is 4.98 Å². The minimum Gasteiger partial charge on any atom is -0.375 e. The molecule has 3 nitrogen and oxygen atoms in total. The fourth-order valence-electron chi connectivity index (χ4n) is 1.28. The fraction of sp³-hybridized carbons (Fsp3) is 0. The molecule has 2 rings (SSSR count). The summed E-state index contributed by atoms with van der Waals surface area (Å²) in [5, 5.41) is 2.67. The molecule has 0 amide bonds. The second-order valence-electron chi connectivity index (χ2n) is 3.00. The zero-order chi connectivity index (χ0) is 11.7. The number of nitrogens with zero attached hydrogens (tertiary/aromatic N) is 1. The molecule has 82 valence electrons. The van der Waals surface area contributed by atoms with Crippen molar-refractivity contribution in [2.24, 2.45) is 0 Å². The number of nitrogen functional groups attached to an aromatic ring is 1. The first-order chi connectivity index (χ1) is 7.59. The van der Waals surface area contributed by atoms with E-state index in [0.29, 0.717) is 21.2 Å². The summed E-state index contributed by atoms with van der Waals surface area (Å²) in [6.07, 6.45) is 0. The third kappa shape index (κ3) is 2.04. The number of rotatable bonds is 1. The van der Waals surface area contributed by atoms with Gasteiger partial charge in [0.2, 0.25) is 0 Å². The van der Waals surface area contributed by atoms with Crippen LogP contribution < -0.4 is 11.3 Å². The van der Waals surface area contributed by atoms with Gasteiger partial charge in [0.05, 0.1) is 15.6 Å². The van der Waals surface area contributed by atoms with Crippen LogP contribution in [0.15, 0.2) is 28.4 Å². The van der Waals surface area contributed by atoms with Crippen LogP contribution in [0.2, 0.25) is 10.0 Å². The zero-order valence-corrected chi connectivity index (χ0v) is 10.2. The molecule has 0 spiro atoms. The first-order valence-corrected chi connectivity index (χ1v) is 5.93. The Balaban J connectivity index is 2.73. The van der Waals surface area contributed by atoms with Gasteiger partial charge in [-0.3, -0.25) is 4.79 Å². The highest BCUT2D eigenvalue weighted by Gasteiger charge is 2.12. The Kier molecular flexibility index (Phi) is 3.14. The van der Waals surface area contributed by atoms with Crippen LogP contribution in [0.1, 0.15) is 0 Å². The predicted molar refractivity (Wildman–Crippen MR) is 68.3 cm³/mol. The average Bonchev–Trinajstić information content (AvgIpc) is 2.20. The first-order valence-electron chi connectivity index (χ1n) is 4.29. The molecule has 0 aliphatic heterocycles. The highest BCUT2D eigenvalue weighted by atomic mass is 35.5. The molecular weight excluding hydrogens is 267 g/mol. The minimum atomic E-state index is -0.425. The predicted octanol–water partition coefficient (Wildman–Crippen LogP) is 3.06. The number of hydrogen-bond donors (Lipinski definition) is 1. The standard InChI is InChI=1S/C10H6Cl2N2OS/c11-6-2-1-3-7(12)8(6)5-4-16-10(13)14-9(5)15/h1-4H,(H2,13,14,15). The Bertz CT molecular complexity index is 577. The van der Waals surface area contributed by atoms with Crippen molar-refractivity contribution in [2.75, 3.05) is 5.73 Å². The Morgan fingerprint density at radius 1 is 1.25 bits per heavy atom. The number of aromatic nitrogens is 1. The number of nitrogens with two attached hydrogens (primary N) is 1. The van der Waals surface area contributed by atoms with Crippen molar-refractivity contribution in [3.63, 3.8) is 0 Å². The Hall–Kier alpha value is -1.10. The Morgan fingerprint density at radius 2 is 1.88 bits per heavy atom. The number of anilines is 1.